The highest BCUT2D eigenvalue weighted by Crippen LogP contribution is 2.24. The molecule has 0 radical (unpaired) electrons. The van der Waals surface area contributed by atoms with Crippen molar-refractivity contribution in [1.82, 2.24) is 14.9 Å². The van der Waals surface area contributed by atoms with E-state index in [9.17, 15) is 5.11 Å². The van der Waals surface area contributed by atoms with E-state index in [4.69, 9.17) is 11.6 Å². The van der Waals surface area contributed by atoms with E-state index in [0.717, 1.165) is 18.9 Å². The first kappa shape index (κ1) is 14.5. The molecule has 5 nitrogen and oxygen atoms in total. The van der Waals surface area contributed by atoms with Gasteiger partial charge in [-0.15, -0.1) is 0 Å². The van der Waals surface area contributed by atoms with E-state index in [-0.39, 0.29) is 6.61 Å². The summed E-state index contributed by atoms with van der Waals surface area (Å²) in [4.78, 5) is 12.7. The van der Waals surface area contributed by atoms with Crippen LogP contribution in [0.3, 0.4) is 0 Å². The van der Waals surface area contributed by atoms with E-state index in [0.29, 0.717) is 16.8 Å². The minimum absolute atomic E-state index is 0.137. The molecule has 0 aromatic carbocycles. The van der Waals surface area contributed by atoms with Crippen molar-refractivity contribution in [2.45, 2.75) is 32.4 Å². The van der Waals surface area contributed by atoms with E-state index in [1.54, 1.807) is 0 Å². The van der Waals surface area contributed by atoms with Gasteiger partial charge in [-0.3, -0.25) is 4.90 Å². The van der Waals surface area contributed by atoms with Gasteiger partial charge in [-0.2, -0.15) is 0 Å². The first-order valence-corrected chi connectivity index (χ1v) is 7.10. The zero-order chi connectivity index (χ0) is 13.8. The zero-order valence-corrected chi connectivity index (χ0v) is 12.3. The number of aliphatic hydroxyl groups excluding tert-OH is 1. The molecule has 0 saturated carbocycles. The quantitative estimate of drug-likeness (QED) is 0.832. The zero-order valence-electron chi connectivity index (χ0n) is 11.5. The Morgan fingerprint density at radius 1 is 1.53 bits per heavy atom. The van der Waals surface area contributed by atoms with Crippen molar-refractivity contribution in [3.05, 3.63) is 17.0 Å². The average Bonchev–Trinajstić information content (AvgIpc) is 2.85. The van der Waals surface area contributed by atoms with E-state index in [2.05, 4.69) is 26.7 Å². The van der Waals surface area contributed by atoms with Crippen molar-refractivity contribution in [2.24, 2.45) is 0 Å². The van der Waals surface area contributed by atoms with E-state index in [1.807, 2.05) is 7.05 Å². The summed E-state index contributed by atoms with van der Waals surface area (Å²) >= 11 is 6.00. The second kappa shape index (κ2) is 6.50. The van der Waals surface area contributed by atoms with Gasteiger partial charge in [0.25, 0.3) is 0 Å². The normalized spacial score (nSPS) is 19.9. The van der Waals surface area contributed by atoms with Gasteiger partial charge in [0, 0.05) is 19.6 Å². The molecule has 0 bridgehead atoms. The van der Waals surface area contributed by atoms with Crippen LogP contribution in [-0.2, 0) is 6.61 Å². The molecule has 1 aromatic heterocycles. The molecule has 1 aliphatic rings. The third-order valence-corrected chi connectivity index (χ3v) is 4.11. The summed E-state index contributed by atoms with van der Waals surface area (Å²) in [7, 11) is 1.99. The molecule has 0 aliphatic carbocycles. The van der Waals surface area contributed by atoms with Crippen LogP contribution in [0.2, 0.25) is 5.15 Å². The van der Waals surface area contributed by atoms with Crippen LogP contribution in [0.25, 0.3) is 0 Å². The van der Waals surface area contributed by atoms with Gasteiger partial charge in [0.1, 0.15) is 17.3 Å². The Morgan fingerprint density at radius 2 is 2.32 bits per heavy atom. The SMILES string of the molecule is CCN1CCCC1CN(C)c1ncnc(Cl)c1CO. The molecule has 106 valence electrons. The van der Waals surface area contributed by atoms with Gasteiger partial charge < -0.3 is 10.0 Å². The summed E-state index contributed by atoms with van der Waals surface area (Å²) in [6.45, 7) is 5.21. The van der Waals surface area contributed by atoms with Crippen molar-refractivity contribution in [3.8, 4) is 0 Å². The lowest BCUT2D eigenvalue weighted by Crippen LogP contribution is -2.39. The highest BCUT2D eigenvalue weighted by molar-refractivity contribution is 6.30. The number of likely N-dealkylation sites (N-methyl/N-ethyl adjacent to an activating group) is 2. The maximum absolute atomic E-state index is 9.41. The average molecular weight is 285 g/mol. The van der Waals surface area contributed by atoms with E-state index >= 15 is 0 Å². The first-order valence-electron chi connectivity index (χ1n) is 6.72. The number of likely N-dealkylation sites (tertiary alicyclic amines) is 1. The number of anilines is 1. The Balaban J connectivity index is 2.11. The molecule has 6 heteroatoms. The van der Waals surface area contributed by atoms with E-state index in [1.165, 1.54) is 25.7 Å². The van der Waals surface area contributed by atoms with Crippen molar-refractivity contribution in [2.75, 3.05) is 31.6 Å². The Hall–Kier alpha value is -0.910. The first-order chi connectivity index (χ1) is 9.17. The summed E-state index contributed by atoms with van der Waals surface area (Å²) in [5, 5.41) is 9.74. The Bertz CT molecular complexity index is 429. The molecule has 0 amide bonds. The minimum Gasteiger partial charge on any atom is -0.391 e. The lowest BCUT2D eigenvalue weighted by molar-refractivity contribution is 0.268. The second-order valence-corrected chi connectivity index (χ2v) is 5.29. The van der Waals surface area contributed by atoms with Crippen LogP contribution >= 0.6 is 11.6 Å². The smallest absolute Gasteiger partial charge is 0.140 e. The minimum atomic E-state index is -0.137. The predicted molar refractivity (Wildman–Crippen MR) is 76.5 cm³/mol. The molecule has 1 unspecified atom stereocenters. The van der Waals surface area contributed by atoms with Gasteiger partial charge in [0.05, 0.1) is 12.2 Å². The van der Waals surface area contributed by atoms with E-state index < -0.39 is 0 Å². The molecular formula is C13H21ClN4O. The van der Waals surface area contributed by atoms with Crippen LogP contribution < -0.4 is 4.90 Å². The number of halogens is 1. The van der Waals surface area contributed by atoms with Crippen LogP contribution in [0.1, 0.15) is 25.3 Å². The fourth-order valence-corrected chi connectivity index (χ4v) is 2.96. The third kappa shape index (κ3) is 3.16. The topological polar surface area (TPSA) is 52.5 Å². The van der Waals surface area contributed by atoms with Gasteiger partial charge in [0.15, 0.2) is 0 Å². The maximum atomic E-state index is 9.41. The summed E-state index contributed by atoms with van der Waals surface area (Å²) < 4.78 is 0. The number of hydrogen-bond donors (Lipinski definition) is 1. The molecule has 1 fully saturated rings. The van der Waals surface area contributed by atoms with Gasteiger partial charge in [-0.05, 0) is 25.9 Å². The molecular weight excluding hydrogens is 264 g/mol. The molecule has 1 aromatic rings. The molecule has 1 N–H and O–H groups in total. The summed E-state index contributed by atoms with van der Waals surface area (Å²) in [6, 6.07) is 0.551. The van der Waals surface area contributed by atoms with Crippen molar-refractivity contribution < 1.29 is 5.11 Å². The third-order valence-electron chi connectivity index (χ3n) is 3.78. The van der Waals surface area contributed by atoms with Crippen LogP contribution in [0.4, 0.5) is 5.82 Å². The number of aliphatic hydroxyl groups is 1. The van der Waals surface area contributed by atoms with Gasteiger partial charge in [-0.25, -0.2) is 9.97 Å². The lowest BCUT2D eigenvalue weighted by Gasteiger charge is -2.29. The van der Waals surface area contributed by atoms with Crippen LogP contribution in [0, 0.1) is 0 Å². The molecule has 1 atom stereocenters. The van der Waals surface area contributed by atoms with Gasteiger partial charge >= 0.3 is 0 Å². The number of hydrogen-bond acceptors (Lipinski definition) is 5. The van der Waals surface area contributed by atoms with Crippen molar-refractivity contribution >= 4 is 17.4 Å². The number of nitrogens with zero attached hydrogens (tertiary/aromatic N) is 4. The number of rotatable bonds is 5. The van der Waals surface area contributed by atoms with Crippen molar-refractivity contribution in [3.63, 3.8) is 0 Å². The monoisotopic (exact) mass is 284 g/mol. The number of aromatic nitrogens is 2. The molecule has 0 spiro atoms. The Morgan fingerprint density at radius 3 is 3.00 bits per heavy atom. The Labute approximate surface area is 119 Å². The van der Waals surface area contributed by atoms with Gasteiger partial charge in [0.2, 0.25) is 0 Å². The van der Waals surface area contributed by atoms with Crippen LogP contribution in [0.15, 0.2) is 6.33 Å². The van der Waals surface area contributed by atoms with Crippen LogP contribution in [0.5, 0.6) is 0 Å². The highest BCUT2D eigenvalue weighted by Gasteiger charge is 2.25. The fourth-order valence-electron chi connectivity index (χ4n) is 2.77. The predicted octanol–water partition coefficient (Wildman–Crippen LogP) is 1.54. The lowest BCUT2D eigenvalue weighted by atomic mass is 10.2. The molecule has 2 heterocycles. The summed E-state index contributed by atoms with van der Waals surface area (Å²) in [6.07, 6.45) is 3.91. The Kier molecular flexibility index (Phi) is 4.96. The summed E-state index contributed by atoms with van der Waals surface area (Å²) in [5.41, 5.74) is 0.604. The molecule has 2 rings (SSSR count). The molecule has 1 saturated heterocycles. The maximum Gasteiger partial charge on any atom is 0.140 e. The molecule has 1 aliphatic heterocycles. The molecule has 19 heavy (non-hydrogen) atoms. The van der Waals surface area contributed by atoms with Gasteiger partial charge in [-0.1, -0.05) is 18.5 Å². The van der Waals surface area contributed by atoms with Crippen molar-refractivity contribution in [1.29, 1.82) is 0 Å². The highest BCUT2D eigenvalue weighted by atomic mass is 35.5. The second-order valence-electron chi connectivity index (χ2n) is 4.93. The standard InChI is InChI=1S/C13H21ClN4O/c1-3-18-6-4-5-10(18)7-17(2)13-11(8-19)12(14)15-9-16-13/h9-10,19H,3-8H2,1-2H3. The summed E-state index contributed by atoms with van der Waals surface area (Å²) in [5.74, 6) is 0.727. The largest absolute Gasteiger partial charge is 0.391 e. The fraction of sp³-hybridized carbons (Fsp3) is 0.692. The van der Waals surface area contributed by atoms with Crippen LogP contribution in [-0.4, -0.2) is 52.7 Å².